The molecule has 0 saturated heterocycles. The third-order valence-electron chi connectivity index (χ3n) is 4.41. The second-order valence-corrected chi connectivity index (χ2v) is 6.47. The van der Waals surface area contributed by atoms with Crippen molar-refractivity contribution in [1.29, 1.82) is 0 Å². The van der Waals surface area contributed by atoms with E-state index in [-0.39, 0.29) is 6.03 Å². The van der Waals surface area contributed by atoms with E-state index in [1.807, 2.05) is 91.0 Å². The van der Waals surface area contributed by atoms with Gasteiger partial charge in [0.05, 0.1) is 0 Å². The van der Waals surface area contributed by atoms with Crippen LogP contribution in [0.15, 0.2) is 95.4 Å². The lowest BCUT2D eigenvalue weighted by molar-refractivity contribution is 0.236. The van der Waals surface area contributed by atoms with Gasteiger partial charge in [-0.15, -0.1) is 10.2 Å². The fraction of sp³-hybridized carbons (Fsp3) is 0.0870. The van der Waals surface area contributed by atoms with Crippen LogP contribution in [0.4, 0.5) is 4.79 Å². The molecule has 0 aliphatic heterocycles. The first kappa shape index (κ1) is 18.4. The van der Waals surface area contributed by atoms with Crippen molar-refractivity contribution in [3.63, 3.8) is 0 Å². The molecular weight excluding hydrogens is 364 g/mol. The molecule has 2 amide bonds. The number of nitrogens with one attached hydrogen (secondary N) is 2. The molecule has 2 N–H and O–H groups in total. The van der Waals surface area contributed by atoms with Crippen molar-refractivity contribution in [2.75, 3.05) is 0 Å². The average Bonchev–Trinajstić information content (AvgIpc) is 3.28. The van der Waals surface area contributed by atoms with Gasteiger partial charge in [0.2, 0.25) is 11.8 Å². The van der Waals surface area contributed by atoms with Crippen LogP contribution in [0.2, 0.25) is 0 Å². The summed E-state index contributed by atoms with van der Waals surface area (Å²) >= 11 is 0. The van der Waals surface area contributed by atoms with E-state index in [0.717, 1.165) is 16.7 Å². The van der Waals surface area contributed by atoms with E-state index in [9.17, 15) is 4.79 Å². The highest BCUT2D eigenvalue weighted by Crippen LogP contribution is 2.24. The highest BCUT2D eigenvalue weighted by atomic mass is 16.4. The zero-order valence-corrected chi connectivity index (χ0v) is 15.7. The fourth-order valence-corrected chi connectivity index (χ4v) is 2.94. The molecule has 0 aliphatic rings. The number of nitrogens with zero attached hydrogens (tertiary/aromatic N) is 2. The topological polar surface area (TPSA) is 80.0 Å². The van der Waals surface area contributed by atoms with Gasteiger partial charge in [0.25, 0.3) is 0 Å². The minimum atomic E-state index is -0.558. The molecule has 0 aliphatic carbocycles. The van der Waals surface area contributed by atoms with Gasteiger partial charge in [-0.05, 0) is 23.3 Å². The monoisotopic (exact) mass is 384 g/mol. The zero-order chi connectivity index (χ0) is 19.9. The molecule has 0 fully saturated rings. The molecule has 3 aromatic carbocycles. The summed E-state index contributed by atoms with van der Waals surface area (Å²) in [5, 5.41) is 14.1. The quantitative estimate of drug-likeness (QED) is 0.519. The first-order valence-electron chi connectivity index (χ1n) is 9.31. The Morgan fingerprint density at radius 2 is 1.45 bits per heavy atom. The highest BCUT2D eigenvalue weighted by Gasteiger charge is 2.23. The van der Waals surface area contributed by atoms with Crippen LogP contribution < -0.4 is 10.6 Å². The van der Waals surface area contributed by atoms with Crippen LogP contribution in [-0.2, 0) is 6.54 Å². The van der Waals surface area contributed by atoms with Gasteiger partial charge in [-0.25, -0.2) is 4.79 Å². The number of carbonyl (C=O) groups is 1. The van der Waals surface area contributed by atoms with E-state index >= 15 is 0 Å². The summed E-state index contributed by atoms with van der Waals surface area (Å²) in [5.74, 6) is 0.734. The smallest absolute Gasteiger partial charge is 0.315 e. The minimum Gasteiger partial charge on any atom is -0.418 e. The van der Waals surface area contributed by atoms with Gasteiger partial charge in [0.15, 0.2) is 0 Å². The summed E-state index contributed by atoms with van der Waals surface area (Å²) in [6, 6.07) is 27.9. The van der Waals surface area contributed by atoms with E-state index < -0.39 is 6.04 Å². The van der Waals surface area contributed by atoms with Crippen molar-refractivity contribution >= 4 is 6.03 Å². The minimum absolute atomic E-state index is 0.317. The standard InChI is InChI=1S/C23H20N4O2/c28-23(24-16-17-10-4-1-5-11-17)25-20(18-12-6-2-7-13-18)22-27-26-21(29-22)19-14-8-3-9-15-19/h1-15,20H,16H2,(H2,24,25,28)/t20-/m1/s1. The number of benzene rings is 3. The molecule has 1 heterocycles. The maximum atomic E-state index is 12.5. The number of urea groups is 1. The molecule has 0 bridgehead atoms. The van der Waals surface area contributed by atoms with Crippen molar-refractivity contribution < 1.29 is 9.21 Å². The van der Waals surface area contributed by atoms with Crippen LogP contribution in [0, 0.1) is 0 Å². The molecule has 0 radical (unpaired) electrons. The van der Waals surface area contributed by atoms with E-state index in [1.165, 1.54) is 0 Å². The summed E-state index contributed by atoms with van der Waals surface area (Å²) in [5.41, 5.74) is 2.69. The van der Waals surface area contributed by atoms with Crippen LogP contribution in [-0.4, -0.2) is 16.2 Å². The molecule has 0 saturated carbocycles. The largest absolute Gasteiger partial charge is 0.418 e. The molecular formula is C23H20N4O2. The Balaban J connectivity index is 1.53. The maximum absolute atomic E-state index is 12.5. The van der Waals surface area contributed by atoms with Gasteiger partial charge in [-0.3, -0.25) is 0 Å². The Morgan fingerprint density at radius 1 is 0.828 bits per heavy atom. The lowest BCUT2D eigenvalue weighted by Gasteiger charge is -2.16. The molecule has 0 unspecified atom stereocenters. The Hall–Kier alpha value is -3.93. The lowest BCUT2D eigenvalue weighted by Crippen LogP contribution is -2.38. The number of amides is 2. The molecule has 1 atom stereocenters. The molecule has 6 heteroatoms. The molecule has 29 heavy (non-hydrogen) atoms. The summed E-state index contributed by atoms with van der Waals surface area (Å²) in [6.07, 6.45) is 0. The number of hydrogen-bond acceptors (Lipinski definition) is 4. The normalized spacial score (nSPS) is 11.6. The first-order chi connectivity index (χ1) is 14.3. The Bertz CT molecular complexity index is 1050. The summed E-state index contributed by atoms with van der Waals surface area (Å²) in [6.45, 7) is 0.424. The van der Waals surface area contributed by atoms with Crippen LogP contribution >= 0.6 is 0 Å². The number of rotatable bonds is 6. The third-order valence-corrected chi connectivity index (χ3v) is 4.41. The van der Waals surface area contributed by atoms with Crippen molar-refractivity contribution in [3.05, 3.63) is 108 Å². The van der Waals surface area contributed by atoms with Gasteiger partial charge in [-0.1, -0.05) is 78.9 Å². The van der Waals surface area contributed by atoms with E-state index in [1.54, 1.807) is 0 Å². The molecule has 4 aromatic rings. The first-order valence-corrected chi connectivity index (χ1v) is 9.31. The van der Waals surface area contributed by atoms with Crippen molar-refractivity contribution in [3.8, 4) is 11.5 Å². The van der Waals surface area contributed by atoms with Gasteiger partial charge in [0.1, 0.15) is 6.04 Å². The highest BCUT2D eigenvalue weighted by molar-refractivity contribution is 5.74. The van der Waals surface area contributed by atoms with Gasteiger partial charge >= 0.3 is 6.03 Å². The van der Waals surface area contributed by atoms with Crippen molar-refractivity contribution in [1.82, 2.24) is 20.8 Å². The second kappa shape index (κ2) is 8.84. The molecule has 1 aromatic heterocycles. The number of aromatic nitrogens is 2. The SMILES string of the molecule is O=C(NCc1ccccc1)N[C@H](c1ccccc1)c1nnc(-c2ccccc2)o1. The van der Waals surface area contributed by atoms with Crippen molar-refractivity contribution in [2.45, 2.75) is 12.6 Å². The Morgan fingerprint density at radius 3 is 2.14 bits per heavy atom. The molecule has 4 rings (SSSR count). The van der Waals surface area contributed by atoms with Gasteiger partial charge in [0, 0.05) is 12.1 Å². The van der Waals surface area contributed by atoms with Crippen LogP contribution in [0.3, 0.4) is 0 Å². The van der Waals surface area contributed by atoms with Crippen LogP contribution in [0.1, 0.15) is 23.1 Å². The van der Waals surface area contributed by atoms with Crippen molar-refractivity contribution in [2.24, 2.45) is 0 Å². The summed E-state index contributed by atoms with van der Waals surface area (Å²) < 4.78 is 5.89. The molecule has 6 nitrogen and oxygen atoms in total. The lowest BCUT2D eigenvalue weighted by atomic mass is 10.1. The predicted molar refractivity (Wildman–Crippen MR) is 110 cm³/mol. The van der Waals surface area contributed by atoms with E-state index in [0.29, 0.717) is 18.3 Å². The van der Waals surface area contributed by atoms with Crippen LogP contribution in [0.25, 0.3) is 11.5 Å². The van der Waals surface area contributed by atoms with Gasteiger partial charge < -0.3 is 15.1 Å². The predicted octanol–water partition coefficient (Wildman–Crippen LogP) is 4.33. The Kier molecular flexibility index (Phi) is 5.62. The maximum Gasteiger partial charge on any atom is 0.315 e. The zero-order valence-electron chi connectivity index (χ0n) is 15.7. The second-order valence-electron chi connectivity index (χ2n) is 6.47. The number of carbonyl (C=O) groups excluding carboxylic acids is 1. The van der Waals surface area contributed by atoms with E-state index in [2.05, 4.69) is 20.8 Å². The third kappa shape index (κ3) is 4.68. The van der Waals surface area contributed by atoms with Gasteiger partial charge in [-0.2, -0.15) is 0 Å². The molecule has 0 spiro atoms. The average molecular weight is 384 g/mol. The molecule has 144 valence electrons. The fourth-order valence-electron chi connectivity index (χ4n) is 2.94. The Labute approximate surface area is 168 Å². The summed E-state index contributed by atoms with van der Waals surface area (Å²) in [7, 11) is 0. The van der Waals surface area contributed by atoms with E-state index in [4.69, 9.17) is 4.42 Å². The summed E-state index contributed by atoms with van der Waals surface area (Å²) in [4.78, 5) is 12.5. The number of hydrogen-bond donors (Lipinski definition) is 2. The van der Waals surface area contributed by atoms with Crippen LogP contribution in [0.5, 0.6) is 0 Å².